The fraction of sp³-hybridized carbons (Fsp3) is 0.438. The van der Waals surface area contributed by atoms with Crippen molar-refractivity contribution >= 4 is 21.4 Å². The molecule has 1 unspecified atom stereocenters. The van der Waals surface area contributed by atoms with E-state index in [1.54, 1.807) is 6.07 Å². The first-order chi connectivity index (χ1) is 13.0. The van der Waals surface area contributed by atoms with E-state index in [9.17, 15) is 13.8 Å². The van der Waals surface area contributed by atoms with Gasteiger partial charge in [-0.05, 0) is 52.8 Å². The molecular formula is C16H19FN6O3S. The minimum atomic E-state index is -2.60. The summed E-state index contributed by atoms with van der Waals surface area (Å²) in [6, 6.07) is 4.36. The SMILES string of the molecule is N=S(=O)(CCNc1nonc1/C(=N\O)N[C@@H]1Cc2ccc(F)cc21)C1CC1. The summed E-state index contributed by atoms with van der Waals surface area (Å²) in [6.45, 7) is 0.260. The summed E-state index contributed by atoms with van der Waals surface area (Å²) in [6.07, 6.45) is 2.34. The van der Waals surface area contributed by atoms with Gasteiger partial charge in [0.15, 0.2) is 11.5 Å². The molecule has 1 saturated carbocycles. The van der Waals surface area contributed by atoms with Crippen LogP contribution in [0.25, 0.3) is 0 Å². The number of oxime groups is 1. The van der Waals surface area contributed by atoms with Crippen LogP contribution in [0.5, 0.6) is 0 Å². The van der Waals surface area contributed by atoms with Crippen LogP contribution >= 0.6 is 0 Å². The van der Waals surface area contributed by atoms with Crippen molar-refractivity contribution in [2.75, 3.05) is 17.6 Å². The van der Waals surface area contributed by atoms with Crippen molar-refractivity contribution in [1.82, 2.24) is 15.6 Å². The summed E-state index contributed by atoms with van der Waals surface area (Å²) < 4.78 is 38.2. The molecular weight excluding hydrogens is 375 g/mol. The quantitative estimate of drug-likeness (QED) is 0.243. The molecule has 0 bridgehead atoms. The smallest absolute Gasteiger partial charge is 0.202 e. The van der Waals surface area contributed by atoms with E-state index in [4.69, 9.17) is 9.41 Å². The van der Waals surface area contributed by atoms with Gasteiger partial charge in [-0.15, -0.1) is 0 Å². The molecule has 11 heteroatoms. The first-order valence-corrected chi connectivity index (χ1v) is 10.4. The highest BCUT2D eigenvalue weighted by molar-refractivity contribution is 7.93. The van der Waals surface area contributed by atoms with Crippen LogP contribution in [0, 0.1) is 10.6 Å². The third kappa shape index (κ3) is 3.59. The molecule has 2 aliphatic rings. The largest absolute Gasteiger partial charge is 0.409 e. The topological polar surface area (TPSA) is 136 Å². The van der Waals surface area contributed by atoms with Crippen LogP contribution < -0.4 is 10.6 Å². The molecule has 27 heavy (non-hydrogen) atoms. The van der Waals surface area contributed by atoms with Gasteiger partial charge in [-0.3, -0.25) is 4.78 Å². The molecule has 2 aromatic rings. The molecule has 0 amide bonds. The van der Waals surface area contributed by atoms with E-state index >= 15 is 0 Å². The van der Waals surface area contributed by atoms with Crippen molar-refractivity contribution in [3.05, 3.63) is 40.8 Å². The normalized spacial score (nSPS) is 21.1. The molecule has 1 heterocycles. The highest BCUT2D eigenvalue weighted by atomic mass is 32.2. The van der Waals surface area contributed by atoms with Gasteiger partial charge in [0.05, 0.1) is 6.04 Å². The lowest BCUT2D eigenvalue weighted by atomic mass is 9.83. The lowest BCUT2D eigenvalue weighted by Crippen LogP contribution is -2.37. The van der Waals surface area contributed by atoms with E-state index in [2.05, 4.69) is 26.1 Å². The molecule has 1 aromatic carbocycles. The molecule has 0 spiro atoms. The third-order valence-corrected chi connectivity index (χ3v) is 7.15. The van der Waals surface area contributed by atoms with Crippen LogP contribution in [-0.2, 0) is 16.1 Å². The Labute approximate surface area is 155 Å². The van der Waals surface area contributed by atoms with Gasteiger partial charge in [-0.2, -0.15) is 0 Å². The van der Waals surface area contributed by atoms with Crippen LogP contribution in [0.2, 0.25) is 0 Å². The molecule has 0 saturated heterocycles. The lowest BCUT2D eigenvalue weighted by Gasteiger charge is -2.31. The lowest BCUT2D eigenvalue weighted by molar-refractivity contribution is 0.303. The van der Waals surface area contributed by atoms with E-state index in [1.807, 2.05) is 0 Å². The second-order valence-electron chi connectivity index (χ2n) is 6.71. The van der Waals surface area contributed by atoms with Crippen molar-refractivity contribution in [2.45, 2.75) is 30.6 Å². The maximum absolute atomic E-state index is 13.4. The van der Waals surface area contributed by atoms with E-state index in [0.29, 0.717) is 6.42 Å². The molecule has 0 aliphatic heterocycles. The van der Waals surface area contributed by atoms with Gasteiger partial charge < -0.3 is 15.8 Å². The van der Waals surface area contributed by atoms with Gasteiger partial charge in [0, 0.05) is 27.3 Å². The van der Waals surface area contributed by atoms with Crippen molar-refractivity contribution in [3.63, 3.8) is 0 Å². The molecule has 4 rings (SSSR count). The maximum Gasteiger partial charge on any atom is 0.202 e. The molecule has 4 N–H and O–H groups in total. The fourth-order valence-electron chi connectivity index (χ4n) is 3.11. The Hall–Kier alpha value is -2.69. The second-order valence-corrected chi connectivity index (χ2v) is 9.24. The Morgan fingerprint density at radius 3 is 3.00 bits per heavy atom. The summed E-state index contributed by atoms with van der Waals surface area (Å²) in [5, 5.41) is 26.0. The van der Waals surface area contributed by atoms with Crippen molar-refractivity contribution in [2.24, 2.45) is 5.16 Å². The number of hydrogen-bond donors (Lipinski definition) is 4. The molecule has 2 aliphatic carbocycles. The van der Waals surface area contributed by atoms with Crippen LogP contribution in [-0.4, -0.2) is 43.1 Å². The number of hydrogen-bond acceptors (Lipinski definition) is 8. The van der Waals surface area contributed by atoms with E-state index < -0.39 is 9.73 Å². The summed E-state index contributed by atoms with van der Waals surface area (Å²) in [7, 11) is -2.60. The third-order valence-electron chi connectivity index (χ3n) is 4.79. The number of nitrogens with zero attached hydrogens (tertiary/aromatic N) is 3. The average molecular weight is 394 g/mol. The number of nitrogens with one attached hydrogen (secondary N) is 3. The number of fused-ring (bicyclic) bond motifs is 1. The second kappa shape index (κ2) is 6.80. The molecule has 1 aromatic heterocycles. The van der Waals surface area contributed by atoms with Crippen molar-refractivity contribution in [3.8, 4) is 0 Å². The van der Waals surface area contributed by atoms with E-state index in [1.165, 1.54) is 12.1 Å². The summed E-state index contributed by atoms with van der Waals surface area (Å²) in [5.74, 6) is 0.119. The Morgan fingerprint density at radius 1 is 1.44 bits per heavy atom. The highest BCUT2D eigenvalue weighted by Crippen LogP contribution is 2.34. The maximum atomic E-state index is 13.4. The molecule has 1 fully saturated rings. The zero-order valence-corrected chi connectivity index (χ0v) is 15.1. The van der Waals surface area contributed by atoms with Crippen molar-refractivity contribution in [1.29, 1.82) is 4.78 Å². The Kier molecular flexibility index (Phi) is 4.46. The molecule has 144 valence electrons. The van der Waals surface area contributed by atoms with E-state index in [0.717, 1.165) is 24.0 Å². The van der Waals surface area contributed by atoms with Crippen LogP contribution in [0.3, 0.4) is 0 Å². The number of halogens is 1. The number of amidine groups is 1. The monoisotopic (exact) mass is 394 g/mol. The Bertz CT molecular complexity index is 986. The summed E-state index contributed by atoms with van der Waals surface area (Å²) in [4.78, 5) is 0. The minimum Gasteiger partial charge on any atom is -0.409 e. The van der Waals surface area contributed by atoms with Gasteiger partial charge in [0.25, 0.3) is 0 Å². The highest BCUT2D eigenvalue weighted by Gasteiger charge is 2.32. The van der Waals surface area contributed by atoms with Gasteiger partial charge in [0.2, 0.25) is 5.82 Å². The predicted octanol–water partition coefficient (Wildman–Crippen LogP) is 1.85. The first kappa shape index (κ1) is 17.7. The van der Waals surface area contributed by atoms with Gasteiger partial charge in [-0.25, -0.2) is 13.2 Å². The van der Waals surface area contributed by atoms with Gasteiger partial charge >= 0.3 is 0 Å². The van der Waals surface area contributed by atoms with Crippen molar-refractivity contribution < 1.29 is 18.4 Å². The first-order valence-electron chi connectivity index (χ1n) is 8.57. The van der Waals surface area contributed by atoms with Gasteiger partial charge in [0.1, 0.15) is 5.82 Å². The van der Waals surface area contributed by atoms with Crippen LogP contribution in [0.15, 0.2) is 28.0 Å². The van der Waals surface area contributed by atoms with Crippen LogP contribution in [0.1, 0.15) is 35.7 Å². The standard InChI is InChI=1S/C16H19FN6O3S/c17-10-2-1-9-7-13(12(9)8-10)20-16(21-24)14-15(23-26-22-14)19-5-6-27(18,25)11-3-4-11/h1-2,8,11,13,18,24H,3-7H2,(H,19,23)(H,20,21)/t13-,27?/m1/s1. The summed E-state index contributed by atoms with van der Waals surface area (Å²) >= 11 is 0. The number of rotatable bonds is 7. The zero-order valence-electron chi connectivity index (χ0n) is 14.3. The average Bonchev–Trinajstić information content (AvgIpc) is 3.40. The molecule has 0 radical (unpaired) electrons. The zero-order chi connectivity index (χ0) is 19.0. The summed E-state index contributed by atoms with van der Waals surface area (Å²) in [5.41, 5.74) is 1.97. The predicted molar refractivity (Wildman–Crippen MR) is 95.8 cm³/mol. The minimum absolute atomic E-state index is 0.00971. The van der Waals surface area contributed by atoms with Crippen LogP contribution in [0.4, 0.5) is 10.2 Å². The fourth-order valence-corrected chi connectivity index (χ4v) is 4.75. The van der Waals surface area contributed by atoms with Gasteiger partial charge in [-0.1, -0.05) is 11.2 Å². The Balaban J connectivity index is 1.41. The Morgan fingerprint density at radius 2 is 2.26 bits per heavy atom. The number of anilines is 1. The van der Waals surface area contributed by atoms with E-state index in [-0.39, 0.29) is 46.8 Å². The molecule has 9 nitrogen and oxygen atoms in total. The number of aromatic nitrogens is 2. The number of benzene rings is 1. The molecule has 2 atom stereocenters.